The molecule has 21 heavy (non-hydrogen) atoms. The summed E-state index contributed by atoms with van der Waals surface area (Å²) >= 11 is 0. The topological polar surface area (TPSA) is 45.2 Å². The maximum absolute atomic E-state index is 12.8. The van der Waals surface area contributed by atoms with Gasteiger partial charge in [0.05, 0.1) is 11.1 Å². The Balaban J connectivity index is 0.00000161. The first kappa shape index (κ1) is 15.7. The predicted molar refractivity (Wildman–Crippen MR) is 87.1 cm³/mol. The average Bonchev–Trinajstić information content (AvgIpc) is 2.74. The predicted octanol–water partition coefficient (Wildman–Crippen LogP) is 2.40. The number of nitrogens with zero attached hydrogens (tertiary/aromatic N) is 2. The molecule has 112 valence electrons. The Morgan fingerprint density at radius 2 is 2.05 bits per heavy atom. The van der Waals surface area contributed by atoms with Crippen molar-refractivity contribution in [2.75, 3.05) is 26.2 Å². The van der Waals surface area contributed by atoms with E-state index in [1.807, 2.05) is 42.2 Å². The molecule has 1 N–H and O–H groups in total. The molecule has 3 rings (SSSR count). The minimum atomic E-state index is 0. The van der Waals surface area contributed by atoms with Crippen LogP contribution in [0, 0.1) is 6.92 Å². The third-order valence-corrected chi connectivity index (χ3v) is 3.70. The number of carbonyl (C=O) groups excluding carboxylic acids is 1. The zero-order valence-corrected chi connectivity index (χ0v) is 12.9. The zero-order valence-electron chi connectivity index (χ0n) is 12.1. The fraction of sp³-hybridized carbons (Fsp3) is 0.375. The van der Waals surface area contributed by atoms with Crippen molar-refractivity contribution >= 4 is 29.2 Å². The molecule has 2 aromatic rings. The van der Waals surface area contributed by atoms with Gasteiger partial charge in [0, 0.05) is 30.7 Å². The number of para-hydroxylation sites is 1. The van der Waals surface area contributed by atoms with Gasteiger partial charge in [-0.2, -0.15) is 0 Å². The Morgan fingerprint density at radius 1 is 1.24 bits per heavy atom. The van der Waals surface area contributed by atoms with Crippen molar-refractivity contribution in [2.45, 2.75) is 13.3 Å². The van der Waals surface area contributed by atoms with Gasteiger partial charge in [-0.3, -0.25) is 9.78 Å². The molecule has 1 aromatic heterocycles. The Hall–Kier alpha value is -1.65. The van der Waals surface area contributed by atoms with Gasteiger partial charge >= 0.3 is 0 Å². The standard InChI is InChI=1S/C16H19N3O.ClH/c1-12-11-14(13-5-2-3-6-15(13)18-12)16(20)19-9-4-7-17-8-10-19;/h2-3,5-6,11,17H,4,7-10H2,1H3;1H. The third-order valence-electron chi connectivity index (χ3n) is 3.70. The fourth-order valence-electron chi connectivity index (χ4n) is 2.70. The summed E-state index contributed by atoms with van der Waals surface area (Å²) < 4.78 is 0. The summed E-state index contributed by atoms with van der Waals surface area (Å²) in [5.41, 5.74) is 2.55. The number of nitrogens with one attached hydrogen (secondary N) is 1. The second-order valence-corrected chi connectivity index (χ2v) is 5.22. The van der Waals surface area contributed by atoms with Crippen molar-refractivity contribution in [3.05, 3.63) is 41.6 Å². The van der Waals surface area contributed by atoms with Crippen molar-refractivity contribution in [3.8, 4) is 0 Å². The molecular weight excluding hydrogens is 286 g/mol. The first-order valence-corrected chi connectivity index (χ1v) is 7.12. The summed E-state index contributed by atoms with van der Waals surface area (Å²) in [6.07, 6.45) is 1.01. The van der Waals surface area contributed by atoms with E-state index in [0.717, 1.165) is 54.8 Å². The monoisotopic (exact) mass is 305 g/mol. The highest BCUT2D eigenvalue weighted by atomic mass is 35.5. The van der Waals surface area contributed by atoms with Crippen LogP contribution in [0.5, 0.6) is 0 Å². The quantitative estimate of drug-likeness (QED) is 0.880. The van der Waals surface area contributed by atoms with Crippen LogP contribution in [-0.2, 0) is 0 Å². The number of rotatable bonds is 1. The summed E-state index contributed by atoms with van der Waals surface area (Å²) in [6.45, 7) is 5.39. The molecular formula is C16H20ClN3O. The Bertz CT molecular complexity index is 636. The van der Waals surface area contributed by atoms with E-state index in [9.17, 15) is 4.79 Å². The van der Waals surface area contributed by atoms with E-state index in [-0.39, 0.29) is 18.3 Å². The lowest BCUT2D eigenvalue weighted by atomic mass is 10.1. The van der Waals surface area contributed by atoms with Gasteiger partial charge in [-0.1, -0.05) is 18.2 Å². The number of hydrogen-bond donors (Lipinski definition) is 1. The minimum absolute atomic E-state index is 0. The van der Waals surface area contributed by atoms with Crippen LogP contribution < -0.4 is 5.32 Å². The summed E-state index contributed by atoms with van der Waals surface area (Å²) in [4.78, 5) is 19.2. The minimum Gasteiger partial charge on any atom is -0.337 e. The summed E-state index contributed by atoms with van der Waals surface area (Å²) in [7, 11) is 0. The van der Waals surface area contributed by atoms with Gasteiger partial charge < -0.3 is 10.2 Å². The van der Waals surface area contributed by atoms with Crippen molar-refractivity contribution in [3.63, 3.8) is 0 Å². The molecule has 1 aliphatic heterocycles. The summed E-state index contributed by atoms with van der Waals surface area (Å²) in [6, 6.07) is 9.76. The van der Waals surface area contributed by atoms with Crippen molar-refractivity contribution < 1.29 is 4.79 Å². The second kappa shape index (κ2) is 6.87. The van der Waals surface area contributed by atoms with E-state index in [1.165, 1.54) is 0 Å². The molecule has 1 aromatic carbocycles. The van der Waals surface area contributed by atoms with E-state index in [1.54, 1.807) is 0 Å². The van der Waals surface area contributed by atoms with Crippen LogP contribution >= 0.6 is 12.4 Å². The van der Waals surface area contributed by atoms with E-state index in [0.29, 0.717) is 0 Å². The van der Waals surface area contributed by atoms with Gasteiger partial charge in [0.2, 0.25) is 0 Å². The van der Waals surface area contributed by atoms with Crippen LogP contribution in [0.3, 0.4) is 0 Å². The van der Waals surface area contributed by atoms with Crippen molar-refractivity contribution in [1.29, 1.82) is 0 Å². The fourth-order valence-corrected chi connectivity index (χ4v) is 2.70. The number of amides is 1. The molecule has 0 spiro atoms. The summed E-state index contributed by atoms with van der Waals surface area (Å²) in [5, 5.41) is 4.27. The number of aromatic nitrogens is 1. The Kier molecular flexibility index (Phi) is 5.15. The van der Waals surface area contributed by atoms with Crippen LogP contribution in [0.25, 0.3) is 10.9 Å². The van der Waals surface area contributed by atoms with E-state index < -0.39 is 0 Å². The highest BCUT2D eigenvalue weighted by molar-refractivity contribution is 6.06. The van der Waals surface area contributed by atoms with Crippen LogP contribution in [0.15, 0.2) is 30.3 Å². The smallest absolute Gasteiger partial charge is 0.254 e. The molecule has 2 heterocycles. The van der Waals surface area contributed by atoms with E-state index in [2.05, 4.69) is 10.3 Å². The second-order valence-electron chi connectivity index (χ2n) is 5.22. The highest BCUT2D eigenvalue weighted by Gasteiger charge is 2.19. The molecule has 0 radical (unpaired) electrons. The van der Waals surface area contributed by atoms with Gasteiger partial charge in [0.25, 0.3) is 5.91 Å². The summed E-state index contributed by atoms with van der Waals surface area (Å²) in [5.74, 6) is 0.121. The number of carbonyl (C=O) groups is 1. The lowest BCUT2D eigenvalue weighted by Crippen LogP contribution is -2.34. The molecule has 0 unspecified atom stereocenters. The number of halogens is 1. The van der Waals surface area contributed by atoms with Crippen LogP contribution in [0.2, 0.25) is 0 Å². The SMILES string of the molecule is Cc1cc(C(=O)N2CCCNCC2)c2ccccc2n1.Cl. The normalized spacial score (nSPS) is 15.4. The van der Waals surface area contributed by atoms with Crippen LogP contribution in [-0.4, -0.2) is 42.0 Å². The van der Waals surface area contributed by atoms with E-state index in [4.69, 9.17) is 0 Å². The number of aryl methyl sites for hydroxylation is 1. The van der Waals surface area contributed by atoms with Gasteiger partial charge in [-0.05, 0) is 32.0 Å². The molecule has 0 atom stereocenters. The third kappa shape index (κ3) is 3.34. The molecule has 1 saturated heterocycles. The molecule has 1 fully saturated rings. The van der Waals surface area contributed by atoms with Crippen molar-refractivity contribution in [2.24, 2.45) is 0 Å². The molecule has 1 amide bonds. The number of hydrogen-bond acceptors (Lipinski definition) is 3. The lowest BCUT2D eigenvalue weighted by Gasteiger charge is -2.21. The molecule has 1 aliphatic rings. The maximum atomic E-state index is 12.8. The number of fused-ring (bicyclic) bond motifs is 1. The number of benzene rings is 1. The zero-order chi connectivity index (χ0) is 13.9. The van der Waals surface area contributed by atoms with Crippen LogP contribution in [0.4, 0.5) is 0 Å². The van der Waals surface area contributed by atoms with Crippen LogP contribution in [0.1, 0.15) is 22.5 Å². The molecule has 0 saturated carbocycles. The molecule has 0 bridgehead atoms. The largest absolute Gasteiger partial charge is 0.337 e. The number of pyridine rings is 1. The first-order valence-electron chi connectivity index (χ1n) is 7.12. The van der Waals surface area contributed by atoms with Crippen molar-refractivity contribution in [1.82, 2.24) is 15.2 Å². The van der Waals surface area contributed by atoms with Gasteiger partial charge in [-0.15, -0.1) is 12.4 Å². The lowest BCUT2D eigenvalue weighted by molar-refractivity contribution is 0.0768. The van der Waals surface area contributed by atoms with Gasteiger partial charge in [0.1, 0.15) is 0 Å². The molecule has 0 aliphatic carbocycles. The first-order chi connectivity index (χ1) is 9.75. The molecule has 5 heteroatoms. The van der Waals surface area contributed by atoms with Gasteiger partial charge in [0.15, 0.2) is 0 Å². The van der Waals surface area contributed by atoms with E-state index >= 15 is 0 Å². The Labute approximate surface area is 131 Å². The highest BCUT2D eigenvalue weighted by Crippen LogP contribution is 2.20. The Morgan fingerprint density at radius 3 is 2.90 bits per heavy atom. The van der Waals surface area contributed by atoms with Gasteiger partial charge in [-0.25, -0.2) is 0 Å². The molecule has 4 nitrogen and oxygen atoms in total. The maximum Gasteiger partial charge on any atom is 0.254 e. The average molecular weight is 306 g/mol.